The van der Waals surface area contributed by atoms with Gasteiger partial charge in [-0.2, -0.15) is 0 Å². The van der Waals surface area contributed by atoms with Crippen LogP contribution >= 0.6 is 0 Å². The molecule has 1 rings (SSSR count). The van der Waals surface area contributed by atoms with E-state index in [2.05, 4.69) is 29.9 Å². The summed E-state index contributed by atoms with van der Waals surface area (Å²) in [4.78, 5) is 7.85. The summed E-state index contributed by atoms with van der Waals surface area (Å²) in [5.74, 6) is 0.699. The van der Waals surface area contributed by atoms with E-state index in [9.17, 15) is 0 Å². The van der Waals surface area contributed by atoms with E-state index < -0.39 is 0 Å². The Labute approximate surface area is 136 Å². The van der Waals surface area contributed by atoms with Gasteiger partial charge >= 0.3 is 0 Å². The van der Waals surface area contributed by atoms with Gasteiger partial charge in [0.1, 0.15) is 0 Å². The molecular weight excluding hydrogens is 272 g/mol. The van der Waals surface area contributed by atoms with Crippen LogP contribution in [0.2, 0.25) is 0 Å². The zero-order valence-electron chi connectivity index (χ0n) is 14.4. The third kappa shape index (κ3) is 7.10. The second-order valence-corrected chi connectivity index (χ2v) is 6.88. The fourth-order valence-electron chi connectivity index (χ4n) is 3.29. The highest BCUT2D eigenvalue weighted by Crippen LogP contribution is 2.40. The Bertz CT molecular complexity index is 373. The summed E-state index contributed by atoms with van der Waals surface area (Å²) in [7, 11) is 0. The first-order valence-electron chi connectivity index (χ1n) is 8.83. The van der Waals surface area contributed by atoms with E-state index in [0.717, 1.165) is 0 Å². The summed E-state index contributed by atoms with van der Waals surface area (Å²) in [6, 6.07) is 0. The van der Waals surface area contributed by atoms with Crippen LogP contribution in [0.3, 0.4) is 0 Å². The monoisotopic (exact) mass is 306 g/mol. The number of hydrogen-bond donors (Lipinski definition) is 2. The van der Waals surface area contributed by atoms with E-state index in [1.54, 1.807) is 6.20 Å². The Kier molecular flexibility index (Phi) is 8.86. The van der Waals surface area contributed by atoms with Crippen molar-refractivity contribution in [1.82, 2.24) is 0 Å². The lowest BCUT2D eigenvalue weighted by Gasteiger charge is -2.34. The molecule has 0 aromatic rings. The minimum absolute atomic E-state index is 0.207. The van der Waals surface area contributed by atoms with Crippen LogP contribution in [0.25, 0.3) is 0 Å². The van der Waals surface area contributed by atoms with Gasteiger partial charge in [-0.1, -0.05) is 71.3 Å². The summed E-state index contributed by atoms with van der Waals surface area (Å²) < 4.78 is 0. The van der Waals surface area contributed by atoms with Crippen LogP contribution in [-0.2, 0) is 0 Å². The van der Waals surface area contributed by atoms with Crippen LogP contribution in [-0.4, -0.2) is 12.3 Å². The second-order valence-electron chi connectivity index (χ2n) is 6.88. The van der Waals surface area contributed by atoms with E-state index in [-0.39, 0.29) is 5.96 Å². The molecule has 0 aromatic heterocycles. The van der Waals surface area contributed by atoms with Gasteiger partial charge in [-0.25, -0.2) is 9.98 Å². The first-order chi connectivity index (χ1) is 10.6. The number of aliphatic imine (C=N–C) groups is 2. The average Bonchev–Trinajstić information content (AvgIpc) is 2.53. The average molecular weight is 306 g/mol. The van der Waals surface area contributed by atoms with Crippen molar-refractivity contribution in [1.29, 1.82) is 0 Å². The molecule has 0 radical (unpaired) electrons. The van der Waals surface area contributed by atoms with Gasteiger partial charge < -0.3 is 11.5 Å². The van der Waals surface area contributed by atoms with Crippen molar-refractivity contribution in [2.24, 2.45) is 32.8 Å². The molecule has 0 heterocycles. The maximum Gasteiger partial charge on any atom is 0.221 e. The predicted octanol–water partition coefficient (Wildman–Crippen LogP) is 4.36. The summed E-state index contributed by atoms with van der Waals surface area (Å²) in [5.41, 5.74) is 11.2. The number of nitrogens with two attached hydrogens (primary N) is 2. The van der Waals surface area contributed by atoms with E-state index in [0.29, 0.717) is 11.3 Å². The third-order valence-corrected chi connectivity index (χ3v) is 5.13. The van der Waals surface area contributed by atoms with Crippen molar-refractivity contribution >= 4 is 12.3 Å². The van der Waals surface area contributed by atoms with Crippen molar-refractivity contribution in [2.45, 2.75) is 78.1 Å². The normalized spacial score (nSPS) is 23.5. The Hall–Kier alpha value is -1.32. The smallest absolute Gasteiger partial charge is 0.221 e. The van der Waals surface area contributed by atoms with Crippen molar-refractivity contribution < 1.29 is 0 Å². The Morgan fingerprint density at radius 1 is 1.00 bits per heavy atom. The molecule has 4 N–H and O–H groups in total. The van der Waals surface area contributed by atoms with Gasteiger partial charge in [0, 0.05) is 6.20 Å². The zero-order valence-corrected chi connectivity index (χ0v) is 14.4. The molecule has 126 valence electrons. The van der Waals surface area contributed by atoms with Crippen LogP contribution < -0.4 is 11.5 Å². The molecule has 0 aromatic carbocycles. The van der Waals surface area contributed by atoms with Gasteiger partial charge in [0.15, 0.2) is 0 Å². The van der Waals surface area contributed by atoms with Crippen molar-refractivity contribution in [3.05, 3.63) is 12.3 Å². The highest BCUT2D eigenvalue weighted by atomic mass is 15.0. The highest BCUT2D eigenvalue weighted by Gasteiger charge is 2.28. The molecule has 4 nitrogen and oxygen atoms in total. The molecule has 0 aliphatic heterocycles. The summed E-state index contributed by atoms with van der Waals surface area (Å²) >= 11 is 0. The predicted molar refractivity (Wildman–Crippen MR) is 96.9 cm³/mol. The van der Waals surface area contributed by atoms with Crippen molar-refractivity contribution in [3.8, 4) is 0 Å². The Morgan fingerprint density at radius 2 is 1.50 bits per heavy atom. The van der Waals surface area contributed by atoms with Gasteiger partial charge in [0.05, 0.1) is 6.34 Å². The van der Waals surface area contributed by atoms with E-state index >= 15 is 0 Å². The van der Waals surface area contributed by atoms with Crippen LogP contribution in [0.15, 0.2) is 22.3 Å². The lowest BCUT2D eigenvalue weighted by Crippen LogP contribution is -2.24. The van der Waals surface area contributed by atoms with Crippen molar-refractivity contribution in [3.63, 3.8) is 0 Å². The van der Waals surface area contributed by atoms with Crippen LogP contribution in [0.5, 0.6) is 0 Å². The SMILES string of the molecule is CC(/C=C/N=C(N)N=CN)C1(C)CCCCCCCCCC1. The quantitative estimate of drug-likeness (QED) is 0.600. The van der Waals surface area contributed by atoms with Crippen LogP contribution in [0.4, 0.5) is 0 Å². The minimum Gasteiger partial charge on any atom is -0.390 e. The molecular formula is C18H34N4. The summed E-state index contributed by atoms with van der Waals surface area (Å²) in [6.07, 6.45) is 18.8. The number of nitrogens with zero attached hydrogens (tertiary/aromatic N) is 2. The molecule has 0 saturated heterocycles. The standard InChI is InChI=1S/C18H34N4/c1-16(11-14-21-17(20)22-15-19)18(2)12-9-7-5-3-4-6-8-10-13-18/h11,14-16H,3-10,12-13H2,1-2H3,(H4,19,20,21,22)/b14-11+. The molecule has 4 heteroatoms. The summed E-state index contributed by atoms with van der Waals surface area (Å²) in [5, 5.41) is 0. The zero-order chi connectivity index (χ0) is 16.3. The van der Waals surface area contributed by atoms with Gasteiger partial charge in [0.2, 0.25) is 5.96 Å². The first kappa shape index (κ1) is 18.7. The number of guanidine groups is 1. The topological polar surface area (TPSA) is 76.8 Å². The fourth-order valence-corrected chi connectivity index (χ4v) is 3.29. The van der Waals surface area contributed by atoms with Crippen LogP contribution in [0, 0.1) is 11.3 Å². The molecule has 1 aliphatic carbocycles. The molecule has 0 spiro atoms. The molecule has 1 fully saturated rings. The second kappa shape index (κ2) is 10.4. The number of allylic oxidation sites excluding steroid dienone is 1. The third-order valence-electron chi connectivity index (χ3n) is 5.13. The van der Waals surface area contributed by atoms with E-state index in [1.807, 2.05) is 0 Å². The molecule has 1 unspecified atom stereocenters. The van der Waals surface area contributed by atoms with Gasteiger partial charge in [-0.15, -0.1) is 0 Å². The first-order valence-corrected chi connectivity index (χ1v) is 8.83. The van der Waals surface area contributed by atoms with Gasteiger partial charge in [0.25, 0.3) is 0 Å². The Morgan fingerprint density at radius 3 is 2.00 bits per heavy atom. The van der Waals surface area contributed by atoms with E-state index in [1.165, 1.54) is 70.5 Å². The molecule has 1 atom stereocenters. The lowest BCUT2D eigenvalue weighted by atomic mass is 9.71. The maximum atomic E-state index is 5.60. The van der Waals surface area contributed by atoms with E-state index in [4.69, 9.17) is 11.5 Å². The number of hydrogen-bond acceptors (Lipinski definition) is 1. The highest BCUT2D eigenvalue weighted by molar-refractivity contribution is 5.85. The lowest BCUT2D eigenvalue weighted by molar-refractivity contribution is 0.190. The largest absolute Gasteiger partial charge is 0.390 e. The molecule has 0 bridgehead atoms. The van der Waals surface area contributed by atoms with Crippen LogP contribution in [0.1, 0.15) is 78.1 Å². The maximum absolute atomic E-state index is 5.60. The molecule has 1 aliphatic rings. The molecule has 22 heavy (non-hydrogen) atoms. The number of rotatable bonds is 3. The Balaban J connectivity index is 2.64. The fraction of sp³-hybridized carbons (Fsp3) is 0.778. The molecule has 1 saturated carbocycles. The minimum atomic E-state index is 0.207. The van der Waals surface area contributed by atoms with Gasteiger partial charge in [-0.3, -0.25) is 0 Å². The summed E-state index contributed by atoms with van der Waals surface area (Å²) in [6.45, 7) is 4.74. The van der Waals surface area contributed by atoms with Gasteiger partial charge in [-0.05, 0) is 24.2 Å². The molecule has 0 amide bonds. The van der Waals surface area contributed by atoms with Crippen molar-refractivity contribution in [2.75, 3.05) is 0 Å².